The van der Waals surface area contributed by atoms with Gasteiger partial charge in [-0.1, -0.05) is 18.3 Å². The number of fused-ring (bicyclic) bond motifs is 7. The Balaban J connectivity index is 1.38. The van der Waals surface area contributed by atoms with Crippen molar-refractivity contribution in [1.82, 2.24) is 9.59 Å². The van der Waals surface area contributed by atoms with Gasteiger partial charge in [-0.25, -0.2) is 0 Å². The summed E-state index contributed by atoms with van der Waals surface area (Å²) in [6, 6.07) is 0. The molecule has 0 amide bonds. The molecule has 5 nitrogen and oxygen atoms in total. The lowest BCUT2D eigenvalue weighted by Crippen LogP contribution is -2.54. The number of nitrogens with zero attached hydrogens (tertiary/aromatic N) is 2. The molecule has 0 unspecified atom stereocenters. The Morgan fingerprint density at radius 1 is 1.11 bits per heavy atom. The summed E-state index contributed by atoms with van der Waals surface area (Å²) in [7, 11) is -3.36. The van der Waals surface area contributed by atoms with Crippen molar-refractivity contribution in [3.8, 4) is 0 Å². The van der Waals surface area contributed by atoms with Crippen molar-refractivity contribution < 1.29 is 12.6 Å². The van der Waals surface area contributed by atoms with Crippen LogP contribution in [0.25, 0.3) is 0 Å². The van der Waals surface area contributed by atoms with Crippen molar-refractivity contribution in [3.63, 3.8) is 0 Å². The summed E-state index contributed by atoms with van der Waals surface area (Å²) in [6.07, 6.45) is 10.1. The van der Waals surface area contributed by atoms with Gasteiger partial charge in [-0.05, 0) is 92.0 Å². The first-order valence-corrected chi connectivity index (χ1v) is 13.0. The molecule has 0 radical (unpaired) electrons. The minimum absolute atomic E-state index is 0.114. The summed E-state index contributed by atoms with van der Waals surface area (Å²) >= 11 is 1.61. The molecule has 0 saturated heterocycles. The molecule has 7 heteroatoms. The van der Waals surface area contributed by atoms with Gasteiger partial charge in [-0.3, -0.25) is 4.18 Å². The summed E-state index contributed by atoms with van der Waals surface area (Å²) in [5.74, 6) is 2.85. The Kier molecular flexibility index (Phi) is 4.10. The molecule has 27 heavy (non-hydrogen) atoms. The van der Waals surface area contributed by atoms with E-state index >= 15 is 0 Å². The zero-order chi connectivity index (χ0) is 19.0. The van der Waals surface area contributed by atoms with E-state index in [2.05, 4.69) is 23.4 Å². The van der Waals surface area contributed by atoms with E-state index in [4.69, 9.17) is 4.18 Å². The first-order chi connectivity index (χ1) is 12.7. The van der Waals surface area contributed by atoms with Crippen LogP contribution < -0.4 is 0 Å². The first kappa shape index (κ1) is 18.5. The summed E-state index contributed by atoms with van der Waals surface area (Å²) in [6.45, 7) is 4.94. The van der Waals surface area contributed by atoms with E-state index in [1.54, 1.807) is 11.5 Å². The summed E-state index contributed by atoms with van der Waals surface area (Å²) in [5.41, 5.74) is 1.86. The van der Waals surface area contributed by atoms with E-state index in [0.29, 0.717) is 11.3 Å². The van der Waals surface area contributed by atoms with Crippen molar-refractivity contribution in [2.75, 3.05) is 6.26 Å². The third-order valence-electron chi connectivity index (χ3n) is 8.82. The fourth-order valence-corrected chi connectivity index (χ4v) is 9.02. The van der Waals surface area contributed by atoms with E-state index < -0.39 is 10.1 Å². The highest BCUT2D eigenvalue weighted by atomic mass is 32.2. The first-order valence-electron chi connectivity index (χ1n) is 10.4. The maximum atomic E-state index is 11.6. The molecule has 1 heterocycles. The van der Waals surface area contributed by atoms with Crippen LogP contribution in [0.4, 0.5) is 0 Å². The lowest BCUT2D eigenvalue weighted by molar-refractivity contribution is -0.107. The van der Waals surface area contributed by atoms with Crippen molar-refractivity contribution in [2.45, 2.75) is 76.7 Å². The maximum Gasteiger partial charge on any atom is 0.264 e. The summed E-state index contributed by atoms with van der Waals surface area (Å²) in [5, 5.41) is 4.53. The molecule has 4 aliphatic carbocycles. The van der Waals surface area contributed by atoms with Crippen LogP contribution in [0.15, 0.2) is 0 Å². The molecule has 0 bridgehead atoms. The highest BCUT2D eigenvalue weighted by Gasteiger charge is 2.60. The number of aromatic nitrogens is 2. The second kappa shape index (κ2) is 5.99. The highest BCUT2D eigenvalue weighted by Crippen LogP contribution is 2.65. The minimum Gasteiger partial charge on any atom is -0.267 e. The molecule has 7 atom stereocenters. The number of rotatable bonds is 2. The standard InChI is InChI=1S/C20H30N2O3S2/c1-19-8-6-13(25-27(3,23)24)10-12(19)4-5-14-15(19)7-9-20(2)16(14)11-17-18(20)21-22-26-17/h12-16H,4-11H2,1-3H3/t12-,13-,14+,15-,16-,19-,20-/m0/s1. The molecule has 0 aliphatic heterocycles. The molecule has 0 aromatic carbocycles. The third-order valence-corrected chi connectivity index (χ3v) is 10.2. The van der Waals surface area contributed by atoms with Crippen molar-refractivity contribution in [1.29, 1.82) is 0 Å². The molecule has 0 spiro atoms. The van der Waals surface area contributed by atoms with Crippen LogP contribution >= 0.6 is 11.5 Å². The average molecular weight is 411 g/mol. The van der Waals surface area contributed by atoms with Gasteiger partial charge >= 0.3 is 0 Å². The fourth-order valence-electron chi connectivity index (χ4n) is 7.52. The average Bonchev–Trinajstić information content (AvgIpc) is 3.15. The van der Waals surface area contributed by atoms with Crippen molar-refractivity contribution >= 4 is 21.7 Å². The molecule has 4 aliphatic rings. The van der Waals surface area contributed by atoms with Crippen LogP contribution in [0.2, 0.25) is 0 Å². The molecule has 3 fully saturated rings. The van der Waals surface area contributed by atoms with E-state index in [9.17, 15) is 8.42 Å². The number of hydrogen-bond acceptors (Lipinski definition) is 6. The van der Waals surface area contributed by atoms with Crippen molar-refractivity contribution in [3.05, 3.63) is 10.6 Å². The molecule has 1 aromatic rings. The Hall–Kier alpha value is -0.530. The van der Waals surface area contributed by atoms with Gasteiger partial charge in [-0.2, -0.15) is 8.42 Å². The second-order valence-corrected chi connectivity index (χ2v) is 12.5. The van der Waals surface area contributed by atoms with E-state index in [1.165, 1.54) is 48.9 Å². The minimum atomic E-state index is -3.36. The predicted octanol–water partition coefficient (Wildman–Crippen LogP) is 3.94. The van der Waals surface area contributed by atoms with Crippen LogP contribution in [-0.4, -0.2) is 30.4 Å². The summed E-state index contributed by atoms with van der Waals surface area (Å²) < 4.78 is 32.8. The van der Waals surface area contributed by atoms with Crippen LogP contribution in [-0.2, 0) is 26.1 Å². The zero-order valence-corrected chi connectivity index (χ0v) is 18.1. The fraction of sp³-hybridized carbons (Fsp3) is 0.900. The Labute approximate surface area is 166 Å². The third kappa shape index (κ3) is 2.75. The zero-order valence-electron chi connectivity index (χ0n) is 16.5. The smallest absolute Gasteiger partial charge is 0.264 e. The summed E-state index contributed by atoms with van der Waals surface area (Å²) in [4.78, 5) is 1.43. The second-order valence-electron chi connectivity index (χ2n) is 10.1. The molecule has 0 N–H and O–H groups in total. The number of hydrogen-bond donors (Lipinski definition) is 0. The SMILES string of the molecule is C[C@]12CC[C@H](OS(C)(=O)=O)C[C@@H]1CC[C@@H]1[C@@H]2CC[C@]2(C)c3nnsc3C[C@@H]12. The molecular weight excluding hydrogens is 380 g/mol. The Morgan fingerprint density at radius 2 is 1.93 bits per heavy atom. The van der Waals surface area contributed by atoms with Gasteiger partial charge in [-0.15, -0.1) is 5.10 Å². The molecule has 1 aromatic heterocycles. The van der Waals surface area contributed by atoms with Gasteiger partial charge in [0, 0.05) is 10.3 Å². The van der Waals surface area contributed by atoms with Crippen LogP contribution in [0.1, 0.15) is 69.4 Å². The van der Waals surface area contributed by atoms with E-state index in [1.807, 2.05) is 0 Å². The molecule has 3 saturated carbocycles. The van der Waals surface area contributed by atoms with E-state index in [-0.39, 0.29) is 11.5 Å². The molecule has 150 valence electrons. The van der Waals surface area contributed by atoms with E-state index in [0.717, 1.165) is 37.0 Å². The van der Waals surface area contributed by atoms with Crippen molar-refractivity contribution in [2.24, 2.45) is 29.1 Å². The lowest BCUT2D eigenvalue weighted by atomic mass is 9.45. The predicted molar refractivity (Wildman–Crippen MR) is 105 cm³/mol. The van der Waals surface area contributed by atoms with Gasteiger partial charge < -0.3 is 0 Å². The van der Waals surface area contributed by atoms with Gasteiger partial charge in [0.05, 0.1) is 18.1 Å². The van der Waals surface area contributed by atoms with Gasteiger partial charge in [0.1, 0.15) is 0 Å². The largest absolute Gasteiger partial charge is 0.267 e. The lowest BCUT2D eigenvalue weighted by Gasteiger charge is -2.60. The van der Waals surface area contributed by atoms with Crippen LogP contribution in [0.5, 0.6) is 0 Å². The normalized spacial score (nSPS) is 46.3. The van der Waals surface area contributed by atoms with Crippen LogP contribution in [0, 0.1) is 29.1 Å². The Morgan fingerprint density at radius 3 is 2.70 bits per heavy atom. The van der Waals surface area contributed by atoms with Gasteiger partial charge in [0.15, 0.2) is 0 Å². The topological polar surface area (TPSA) is 69.2 Å². The van der Waals surface area contributed by atoms with Crippen LogP contribution in [0.3, 0.4) is 0 Å². The monoisotopic (exact) mass is 410 g/mol. The van der Waals surface area contributed by atoms with Gasteiger partial charge in [0.2, 0.25) is 0 Å². The molecular formula is C20H30N2O3S2. The van der Waals surface area contributed by atoms with Gasteiger partial charge in [0.25, 0.3) is 10.1 Å². The quantitative estimate of drug-likeness (QED) is 0.691. The highest BCUT2D eigenvalue weighted by molar-refractivity contribution is 7.86. The Bertz CT molecular complexity index is 853. The maximum absolute atomic E-state index is 11.6. The molecule has 5 rings (SSSR count).